The second kappa shape index (κ2) is 5.78. The molecule has 1 aromatic carbocycles. The van der Waals surface area contributed by atoms with E-state index in [2.05, 4.69) is 5.43 Å². The number of benzene rings is 1. The molecule has 3 nitrogen and oxygen atoms in total. The van der Waals surface area contributed by atoms with Crippen molar-refractivity contribution in [2.75, 3.05) is 6.61 Å². The Morgan fingerprint density at radius 3 is 2.44 bits per heavy atom. The Kier molecular flexibility index (Phi) is 4.85. The molecule has 1 rings (SSSR count). The Labute approximate surface area is 108 Å². The summed E-state index contributed by atoms with van der Waals surface area (Å²) in [5, 5.41) is 0. The lowest BCUT2D eigenvalue weighted by Gasteiger charge is -2.35. The van der Waals surface area contributed by atoms with Crippen LogP contribution in [0.3, 0.4) is 0 Å². The zero-order chi connectivity index (χ0) is 13.9. The van der Waals surface area contributed by atoms with E-state index in [4.69, 9.17) is 10.6 Å². The van der Waals surface area contributed by atoms with E-state index in [0.29, 0.717) is 12.2 Å². The molecule has 0 aliphatic heterocycles. The van der Waals surface area contributed by atoms with Gasteiger partial charge in [0.1, 0.15) is 5.82 Å². The number of hydrogen-bond acceptors (Lipinski definition) is 3. The lowest BCUT2D eigenvalue weighted by atomic mass is 9.88. The highest BCUT2D eigenvalue weighted by Gasteiger charge is 2.33. The Bertz CT molecular complexity index is 395. The lowest BCUT2D eigenvalue weighted by Crippen LogP contribution is -2.45. The van der Waals surface area contributed by atoms with Crippen LogP contribution in [-0.2, 0) is 4.74 Å². The molecule has 1 unspecified atom stereocenters. The fourth-order valence-electron chi connectivity index (χ4n) is 2.38. The number of halogens is 1. The molecular formula is C14H23FN2O. The zero-order valence-electron chi connectivity index (χ0n) is 11.8. The maximum atomic E-state index is 14.2. The predicted molar refractivity (Wildman–Crippen MR) is 71.6 cm³/mol. The van der Waals surface area contributed by atoms with Gasteiger partial charge >= 0.3 is 0 Å². The number of nitrogens with one attached hydrogen (secondary N) is 1. The lowest BCUT2D eigenvalue weighted by molar-refractivity contribution is -0.0402. The first-order valence-electron chi connectivity index (χ1n) is 6.20. The van der Waals surface area contributed by atoms with Crippen LogP contribution in [0.25, 0.3) is 0 Å². The Hall–Kier alpha value is -0.970. The maximum absolute atomic E-state index is 14.2. The van der Waals surface area contributed by atoms with Crippen molar-refractivity contribution in [2.24, 2.45) is 5.84 Å². The molecular weight excluding hydrogens is 231 g/mol. The van der Waals surface area contributed by atoms with Crippen molar-refractivity contribution in [3.63, 3.8) is 0 Å². The number of hydrogen-bond donors (Lipinski definition) is 2. The van der Waals surface area contributed by atoms with Gasteiger partial charge in [0.25, 0.3) is 0 Å². The number of hydrazine groups is 1. The summed E-state index contributed by atoms with van der Waals surface area (Å²) in [6.07, 6.45) is 0. The van der Waals surface area contributed by atoms with Crippen LogP contribution in [0, 0.1) is 19.7 Å². The summed E-state index contributed by atoms with van der Waals surface area (Å²) in [5.74, 6) is 5.35. The molecule has 18 heavy (non-hydrogen) atoms. The van der Waals surface area contributed by atoms with Gasteiger partial charge < -0.3 is 4.74 Å². The van der Waals surface area contributed by atoms with E-state index in [1.165, 1.54) is 6.07 Å². The maximum Gasteiger partial charge on any atom is 0.128 e. The zero-order valence-corrected chi connectivity index (χ0v) is 11.8. The molecule has 0 radical (unpaired) electrons. The van der Waals surface area contributed by atoms with E-state index >= 15 is 0 Å². The molecule has 0 bridgehead atoms. The fraction of sp³-hybridized carbons (Fsp3) is 0.571. The summed E-state index contributed by atoms with van der Waals surface area (Å²) >= 11 is 0. The van der Waals surface area contributed by atoms with Crippen molar-refractivity contribution in [3.05, 3.63) is 34.6 Å². The van der Waals surface area contributed by atoms with Crippen molar-refractivity contribution in [2.45, 2.75) is 46.3 Å². The molecule has 102 valence electrons. The second-order valence-electron chi connectivity index (χ2n) is 5.11. The average Bonchev–Trinajstić information content (AvgIpc) is 2.22. The van der Waals surface area contributed by atoms with Gasteiger partial charge in [0.15, 0.2) is 0 Å². The molecule has 4 heteroatoms. The van der Waals surface area contributed by atoms with Gasteiger partial charge in [-0.2, -0.15) is 0 Å². The van der Waals surface area contributed by atoms with E-state index in [1.54, 1.807) is 0 Å². The minimum absolute atomic E-state index is 0.247. The molecule has 0 aliphatic rings. The summed E-state index contributed by atoms with van der Waals surface area (Å²) in [6, 6.07) is 3.08. The van der Waals surface area contributed by atoms with Crippen LogP contribution in [0.2, 0.25) is 0 Å². The normalized spacial score (nSPS) is 13.7. The topological polar surface area (TPSA) is 47.3 Å². The molecule has 0 saturated heterocycles. The Morgan fingerprint density at radius 2 is 2.00 bits per heavy atom. The van der Waals surface area contributed by atoms with Gasteiger partial charge in [-0.05, 0) is 51.8 Å². The van der Waals surface area contributed by atoms with Crippen molar-refractivity contribution in [3.8, 4) is 0 Å². The van der Waals surface area contributed by atoms with E-state index in [9.17, 15) is 4.39 Å². The molecule has 1 aromatic rings. The number of ether oxygens (including phenoxy) is 1. The second-order valence-corrected chi connectivity index (χ2v) is 5.11. The van der Waals surface area contributed by atoms with Crippen LogP contribution in [0.5, 0.6) is 0 Å². The van der Waals surface area contributed by atoms with Gasteiger partial charge in [0.2, 0.25) is 0 Å². The summed E-state index contributed by atoms with van der Waals surface area (Å²) in [5.41, 5.74) is 4.45. The highest BCUT2D eigenvalue weighted by atomic mass is 19.1. The summed E-state index contributed by atoms with van der Waals surface area (Å²) in [4.78, 5) is 0. The quantitative estimate of drug-likeness (QED) is 0.627. The van der Waals surface area contributed by atoms with Gasteiger partial charge in [0, 0.05) is 12.2 Å². The third kappa shape index (κ3) is 3.07. The van der Waals surface area contributed by atoms with Crippen LogP contribution in [0.1, 0.15) is 43.5 Å². The van der Waals surface area contributed by atoms with Crippen molar-refractivity contribution >= 4 is 0 Å². The van der Waals surface area contributed by atoms with E-state index in [0.717, 1.165) is 11.1 Å². The molecule has 1 atom stereocenters. The number of nitrogens with two attached hydrogens (primary N) is 1. The molecule has 0 heterocycles. The van der Waals surface area contributed by atoms with Crippen LogP contribution in [0.15, 0.2) is 12.1 Å². The first-order valence-corrected chi connectivity index (χ1v) is 6.20. The molecule has 0 spiro atoms. The SMILES string of the molecule is CCOC(C)(C)C(NN)c1c(C)cc(C)cc1F. The summed E-state index contributed by atoms with van der Waals surface area (Å²) < 4.78 is 19.8. The van der Waals surface area contributed by atoms with E-state index in [-0.39, 0.29) is 5.82 Å². The Morgan fingerprint density at radius 1 is 1.39 bits per heavy atom. The van der Waals surface area contributed by atoms with Crippen molar-refractivity contribution < 1.29 is 9.13 Å². The smallest absolute Gasteiger partial charge is 0.128 e. The van der Waals surface area contributed by atoms with Gasteiger partial charge in [0.05, 0.1) is 11.6 Å². The van der Waals surface area contributed by atoms with Gasteiger partial charge in [-0.3, -0.25) is 5.84 Å². The summed E-state index contributed by atoms with van der Waals surface area (Å²) in [7, 11) is 0. The number of rotatable bonds is 5. The Balaban J connectivity index is 3.25. The molecule has 0 amide bonds. The summed E-state index contributed by atoms with van der Waals surface area (Å²) in [6.45, 7) is 10.0. The van der Waals surface area contributed by atoms with Crippen LogP contribution >= 0.6 is 0 Å². The molecule has 0 aromatic heterocycles. The first-order chi connectivity index (χ1) is 8.33. The van der Waals surface area contributed by atoms with Gasteiger partial charge in [-0.25, -0.2) is 9.82 Å². The van der Waals surface area contributed by atoms with Crippen molar-refractivity contribution in [1.82, 2.24) is 5.43 Å². The van der Waals surface area contributed by atoms with E-state index in [1.807, 2.05) is 40.7 Å². The molecule has 0 fully saturated rings. The van der Waals surface area contributed by atoms with Crippen LogP contribution < -0.4 is 11.3 Å². The molecule has 3 N–H and O–H groups in total. The third-order valence-corrected chi connectivity index (χ3v) is 3.15. The fourth-order valence-corrected chi connectivity index (χ4v) is 2.38. The minimum atomic E-state index is -0.579. The van der Waals surface area contributed by atoms with Crippen LogP contribution in [-0.4, -0.2) is 12.2 Å². The minimum Gasteiger partial charge on any atom is -0.374 e. The number of aryl methyl sites for hydroxylation is 2. The third-order valence-electron chi connectivity index (χ3n) is 3.15. The monoisotopic (exact) mass is 254 g/mol. The largest absolute Gasteiger partial charge is 0.374 e. The average molecular weight is 254 g/mol. The predicted octanol–water partition coefficient (Wildman–Crippen LogP) is 2.76. The van der Waals surface area contributed by atoms with Crippen molar-refractivity contribution in [1.29, 1.82) is 0 Å². The van der Waals surface area contributed by atoms with Gasteiger partial charge in [-0.1, -0.05) is 6.07 Å². The van der Waals surface area contributed by atoms with Gasteiger partial charge in [-0.15, -0.1) is 0 Å². The van der Waals surface area contributed by atoms with Crippen LogP contribution in [0.4, 0.5) is 4.39 Å². The standard InChI is InChI=1S/C14H23FN2O/c1-6-18-14(4,5)13(17-16)12-10(3)7-9(2)8-11(12)15/h7-8,13,17H,6,16H2,1-5H3. The first kappa shape index (κ1) is 15.1. The molecule has 0 aliphatic carbocycles. The van der Waals surface area contributed by atoms with E-state index < -0.39 is 11.6 Å². The highest BCUT2D eigenvalue weighted by Crippen LogP contribution is 2.32. The molecule has 0 saturated carbocycles. The highest BCUT2D eigenvalue weighted by molar-refractivity contribution is 5.35.